The Morgan fingerprint density at radius 1 is 0.953 bits per heavy atom. The molecule has 5 rings (SSSR count). The van der Waals surface area contributed by atoms with Gasteiger partial charge < -0.3 is 19.2 Å². The number of ether oxygens (including phenoxy) is 2. The van der Waals surface area contributed by atoms with E-state index < -0.39 is 23.5 Å². The highest BCUT2D eigenvalue weighted by Gasteiger charge is 2.50. The van der Waals surface area contributed by atoms with E-state index in [0.717, 1.165) is 22.1 Å². The normalized spacial score (nSPS) is 20.7. The summed E-state index contributed by atoms with van der Waals surface area (Å²) in [7, 11) is 0. The Labute approximate surface area is 251 Å². The van der Waals surface area contributed by atoms with Crippen molar-refractivity contribution in [3.63, 3.8) is 0 Å². The number of nitrogens with zero attached hydrogens (tertiary/aromatic N) is 1. The van der Waals surface area contributed by atoms with Crippen molar-refractivity contribution in [2.24, 2.45) is 11.8 Å². The maximum Gasteiger partial charge on any atom is 0.223 e. The molecule has 3 aromatic rings. The van der Waals surface area contributed by atoms with Crippen molar-refractivity contribution in [1.82, 2.24) is 10.2 Å². The summed E-state index contributed by atoms with van der Waals surface area (Å²) >= 11 is 0. The van der Waals surface area contributed by atoms with Crippen LogP contribution in [0.1, 0.15) is 37.8 Å². The van der Waals surface area contributed by atoms with Crippen molar-refractivity contribution in [3.8, 4) is 0 Å². The van der Waals surface area contributed by atoms with E-state index in [4.69, 9.17) is 13.9 Å². The minimum Gasteiger partial charge on any atom is -0.464 e. The summed E-state index contributed by atoms with van der Waals surface area (Å²) in [5.74, 6) is -1.92. The number of furan rings is 1. The molecule has 3 heterocycles. The van der Waals surface area contributed by atoms with Crippen molar-refractivity contribution in [2.45, 2.75) is 51.2 Å². The number of fused-ring (bicyclic) bond motifs is 1. The molecular weight excluding hydrogens is 548 g/mol. The fourth-order valence-electron chi connectivity index (χ4n) is 5.67. The van der Waals surface area contributed by atoms with Crippen molar-refractivity contribution in [3.05, 3.63) is 72.0 Å². The van der Waals surface area contributed by atoms with Crippen LogP contribution in [0.25, 0.3) is 11.0 Å². The first kappa shape index (κ1) is 30.8. The summed E-state index contributed by atoms with van der Waals surface area (Å²) < 4.78 is 16.3. The molecular formula is C34H40N2O7. The average molecular weight is 589 g/mol. The lowest BCUT2D eigenvalue weighted by molar-refractivity contribution is -0.134. The van der Waals surface area contributed by atoms with Crippen molar-refractivity contribution in [1.29, 1.82) is 0 Å². The first-order chi connectivity index (χ1) is 20.7. The molecule has 0 saturated carbocycles. The average Bonchev–Trinajstić information content (AvgIpc) is 3.58. The molecule has 9 heteroatoms. The Bertz CT molecular complexity index is 1440. The smallest absolute Gasteiger partial charge is 0.223 e. The van der Waals surface area contributed by atoms with Gasteiger partial charge in [-0.05, 0) is 49.1 Å². The summed E-state index contributed by atoms with van der Waals surface area (Å²) in [5, 5.41) is 3.83. The minimum absolute atomic E-state index is 0.0240. The number of carbonyl (C=O) groups is 4. The van der Waals surface area contributed by atoms with Gasteiger partial charge in [0.15, 0.2) is 11.6 Å². The van der Waals surface area contributed by atoms with Gasteiger partial charge in [-0.3, -0.25) is 24.1 Å². The molecule has 2 fully saturated rings. The molecule has 0 radical (unpaired) electrons. The van der Waals surface area contributed by atoms with Crippen LogP contribution >= 0.6 is 0 Å². The molecule has 0 aliphatic carbocycles. The van der Waals surface area contributed by atoms with Crippen LogP contribution in [0.4, 0.5) is 0 Å². The number of ketones is 3. The predicted molar refractivity (Wildman–Crippen MR) is 161 cm³/mol. The third-order valence-electron chi connectivity index (χ3n) is 8.39. The first-order valence-electron chi connectivity index (χ1n) is 15.0. The molecule has 4 unspecified atom stereocenters. The molecule has 2 aromatic carbocycles. The van der Waals surface area contributed by atoms with E-state index >= 15 is 0 Å². The van der Waals surface area contributed by atoms with E-state index in [0.29, 0.717) is 39.3 Å². The van der Waals surface area contributed by atoms with Gasteiger partial charge in [0.2, 0.25) is 5.91 Å². The molecule has 2 aliphatic rings. The summed E-state index contributed by atoms with van der Waals surface area (Å²) in [5.41, 5.74) is 1.66. The molecule has 1 N–H and O–H groups in total. The standard InChI is InChI=1S/C34H40N2O7/c1-23(16-28(37)21-36-11-14-41-15-12-36)33(40)35-29(19-25-8-9-31-26(18-25)10-13-42-31)30(38)20-27(32(39)34(2)22-43-34)17-24-6-4-3-5-7-24/h3-10,13,18,23,27,29H,11-12,14-17,19-22H2,1-2H3,(H,35,40). The Hall–Kier alpha value is -3.66. The van der Waals surface area contributed by atoms with Gasteiger partial charge in [-0.15, -0.1) is 0 Å². The van der Waals surface area contributed by atoms with E-state index in [9.17, 15) is 19.2 Å². The fraction of sp³-hybridized carbons (Fsp3) is 0.471. The number of Topliss-reactive ketones (excluding diaryl/α,β-unsaturated/α-hetero) is 3. The summed E-state index contributed by atoms with van der Waals surface area (Å²) in [6, 6.07) is 16.2. The van der Waals surface area contributed by atoms with Gasteiger partial charge in [-0.1, -0.05) is 43.3 Å². The maximum absolute atomic E-state index is 13.9. The van der Waals surface area contributed by atoms with E-state index in [1.165, 1.54) is 0 Å². The zero-order valence-electron chi connectivity index (χ0n) is 24.9. The number of amides is 1. The highest BCUT2D eigenvalue weighted by Crippen LogP contribution is 2.33. The van der Waals surface area contributed by atoms with Crippen molar-refractivity contribution < 1.29 is 33.1 Å². The van der Waals surface area contributed by atoms with Crippen LogP contribution in [0.5, 0.6) is 0 Å². The highest BCUT2D eigenvalue weighted by molar-refractivity contribution is 5.97. The van der Waals surface area contributed by atoms with Crippen LogP contribution in [0.3, 0.4) is 0 Å². The van der Waals surface area contributed by atoms with Crippen LogP contribution in [0, 0.1) is 11.8 Å². The Kier molecular flexibility index (Phi) is 9.85. The van der Waals surface area contributed by atoms with Crippen LogP contribution < -0.4 is 5.32 Å². The fourth-order valence-corrected chi connectivity index (χ4v) is 5.67. The van der Waals surface area contributed by atoms with Crippen LogP contribution in [-0.4, -0.2) is 79.3 Å². The van der Waals surface area contributed by atoms with Gasteiger partial charge in [0.1, 0.15) is 17.0 Å². The SMILES string of the molecule is CC(CC(=O)CN1CCOCC1)C(=O)NC(Cc1ccc2occc2c1)C(=O)CC(Cc1ccccc1)C(=O)C1(C)CO1. The van der Waals surface area contributed by atoms with E-state index in [-0.39, 0.29) is 49.1 Å². The van der Waals surface area contributed by atoms with Crippen LogP contribution in [-0.2, 0) is 41.5 Å². The van der Waals surface area contributed by atoms with Gasteiger partial charge in [0.25, 0.3) is 0 Å². The third kappa shape index (κ3) is 8.25. The highest BCUT2D eigenvalue weighted by atomic mass is 16.6. The number of morpholine rings is 1. The molecule has 43 heavy (non-hydrogen) atoms. The first-order valence-corrected chi connectivity index (χ1v) is 15.0. The zero-order chi connectivity index (χ0) is 30.4. The number of hydrogen-bond acceptors (Lipinski definition) is 8. The Morgan fingerprint density at radius 2 is 1.70 bits per heavy atom. The lowest BCUT2D eigenvalue weighted by Crippen LogP contribution is -2.46. The zero-order valence-corrected chi connectivity index (χ0v) is 24.9. The number of epoxide rings is 1. The summed E-state index contributed by atoms with van der Waals surface area (Å²) in [6.07, 6.45) is 2.30. The van der Waals surface area contributed by atoms with Gasteiger partial charge in [0, 0.05) is 43.2 Å². The van der Waals surface area contributed by atoms with Crippen molar-refractivity contribution >= 4 is 34.2 Å². The lowest BCUT2D eigenvalue weighted by Gasteiger charge is -2.26. The number of benzene rings is 2. The predicted octanol–water partition coefficient (Wildman–Crippen LogP) is 3.56. The van der Waals surface area contributed by atoms with E-state index in [1.807, 2.05) is 59.5 Å². The summed E-state index contributed by atoms with van der Waals surface area (Å²) in [4.78, 5) is 55.5. The number of carbonyl (C=O) groups excluding carboxylic acids is 4. The monoisotopic (exact) mass is 588 g/mol. The second-order valence-corrected chi connectivity index (χ2v) is 12.0. The van der Waals surface area contributed by atoms with Crippen LogP contribution in [0.15, 0.2) is 65.3 Å². The maximum atomic E-state index is 13.9. The quantitative estimate of drug-likeness (QED) is 0.268. The Balaban J connectivity index is 1.30. The number of nitrogens with one attached hydrogen (secondary N) is 1. The number of hydrogen-bond donors (Lipinski definition) is 1. The molecule has 2 saturated heterocycles. The molecule has 1 aromatic heterocycles. The van der Waals surface area contributed by atoms with E-state index in [1.54, 1.807) is 20.1 Å². The third-order valence-corrected chi connectivity index (χ3v) is 8.39. The largest absolute Gasteiger partial charge is 0.464 e. The minimum atomic E-state index is -0.875. The van der Waals surface area contributed by atoms with Gasteiger partial charge in [-0.2, -0.15) is 0 Å². The van der Waals surface area contributed by atoms with Gasteiger partial charge in [-0.25, -0.2) is 0 Å². The van der Waals surface area contributed by atoms with E-state index in [2.05, 4.69) is 5.32 Å². The molecule has 0 spiro atoms. The lowest BCUT2D eigenvalue weighted by atomic mass is 9.83. The number of rotatable bonds is 15. The van der Waals surface area contributed by atoms with Crippen LogP contribution in [0.2, 0.25) is 0 Å². The molecule has 2 aliphatic heterocycles. The van der Waals surface area contributed by atoms with Gasteiger partial charge in [0.05, 0.1) is 38.7 Å². The van der Waals surface area contributed by atoms with Gasteiger partial charge >= 0.3 is 0 Å². The summed E-state index contributed by atoms with van der Waals surface area (Å²) in [6.45, 7) is 6.65. The molecule has 9 nitrogen and oxygen atoms in total. The molecule has 228 valence electrons. The molecule has 4 atom stereocenters. The molecule has 1 amide bonds. The van der Waals surface area contributed by atoms with Crippen molar-refractivity contribution in [2.75, 3.05) is 39.5 Å². The second-order valence-electron chi connectivity index (χ2n) is 12.0. The Morgan fingerprint density at radius 3 is 2.42 bits per heavy atom. The molecule has 0 bridgehead atoms. The second kappa shape index (κ2) is 13.8. The topological polar surface area (TPSA) is 118 Å².